The lowest BCUT2D eigenvalue weighted by atomic mass is 10.1. The summed E-state index contributed by atoms with van der Waals surface area (Å²) in [6, 6.07) is 7.91. The van der Waals surface area contributed by atoms with Crippen LogP contribution in [0, 0.1) is 0 Å². The minimum Gasteiger partial charge on any atom is -0.272 e. The van der Waals surface area contributed by atoms with E-state index in [-0.39, 0.29) is 10.6 Å². The van der Waals surface area contributed by atoms with Gasteiger partial charge in [0.05, 0.1) is 11.4 Å². The zero-order chi connectivity index (χ0) is 16.2. The summed E-state index contributed by atoms with van der Waals surface area (Å²) in [7, 11) is -9.67. The predicted molar refractivity (Wildman–Crippen MR) is 77.3 cm³/mol. The van der Waals surface area contributed by atoms with Crippen LogP contribution in [0.2, 0.25) is 5.02 Å². The molecule has 0 bridgehead atoms. The van der Waals surface area contributed by atoms with E-state index in [0.29, 0.717) is 17.2 Å². The molecule has 0 aliphatic carbocycles. The van der Waals surface area contributed by atoms with E-state index in [1.54, 1.807) is 24.3 Å². The molecule has 1 aliphatic heterocycles. The van der Waals surface area contributed by atoms with Crippen molar-refractivity contribution in [2.75, 3.05) is 0 Å². The molecule has 0 aromatic heterocycles. The highest BCUT2D eigenvalue weighted by Gasteiger charge is 2.65. The number of halogens is 6. The Balaban J connectivity index is 2.09. The minimum absolute atomic E-state index is 0.0469. The van der Waals surface area contributed by atoms with Crippen molar-refractivity contribution in [1.82, 2.24) is 0 Å². The van der Waals surface area contributed by atoms with Crippen molar-refractivity contribution < 1.29 is 19.4 Å². The van der Waals surface area contributed by atoms with E-state index in [1.807, 2.05) is 0 Å². The third-order valence-electron chi connectivity index (χ3n) is 3.27. The molecule has 2 aromatic rings. The van der Waals surface area contributed by atoms with Crippen LogP contribution >= 0.6 is 21.8 Å². The first-order valence-electron chi connectivity index (χ1n) is 6.12. The smallest absolute Gasteiger partial charge is 0.272 e. The highest BCUT2D eigenvalue weighted by molar-refractivity contribution is 8.45. The van der Waals surface area contributed by atoms with Gasteiger partial charge in [0.15, 0.2) is 0 Å². The lowest BCUT2D eigenvalue weighted by Gasteiger charge is -2.40. The molecular weight excluding hydrogens is 345 g/mol. The third-order valence-corrected chi connectivity index (χ3v) is 4.67. The second-order valence-corrected chi connectivity index (χ2v) is 7.83. The summed E-state index contributed by atoms with van der Waals surface area (Å²) in [5.41, 5.74) is 0.717. The Hall–Kier alpha value is -1.60. The Kier molecular flexibility index (Phi) is 2.80. The van der Waals surface area contributed by atoms with Crippen molar-refractivity contribution in [2.24, 2.45) is 4.99 Å². The van der Waals surface area contributed by atoms with Crippen molar-refractivity contribution in [3.05, 3.63) is 63.6 Å². The predicted octanol–water partition coefficient (Wildman–Crippen LogP) is 5.15. The topological polar surface area (TPSA) is 12.4 Å². The van der Waals surface area contributed by atoms with Gasteiger partial charge in [0.2, 0.25) is 0 Å². The van der Waals surface area contributed by atoms with E-state index in [2.05, 4.69) is 4.99 Å². The van der Waals surface area contributed by atoms with Crippen LogP contribution in [0.15, 0.2) is 52.4 Å². The third kappa shape index (κ3) is 2.96. The summed E-state index contributed by atoms with van der Waals surface area (Å²) in [5, 5.41) is 0.818. The molecule has 2 aromatic carbocycles. The summed E-state index contributed by atoms with van der Waals surface area (Å²) < 4.78 is 64.1. The fourth-order valence-electron chi connectivity index (χ4n) is 2.21. The maximum atomic E-state index is 12.8. The molecule has 0 amide bonds. The van der Waals surface area contributed by atoms with Crippen LogP contribution in [-0.4, -0.2) is 0 Å². The first-order valence-corrected chi connectivity index (χ1v) is 8.45. The number of hydrogen-bond acceptors (Lipinski definition) is 1. The molecule has 1 nitrogen and oxygen atoms in total. The Morgan fingerprint density at radius 3 is 2.14 bits per heavy atom. The molecule has 118 valence electrons. The van der Waals surface area contributed by atoms with Gasteiger partial charge in [0, 0.05) is 5.02 Å². The molecule has 0 saturated carbocycles. The monoisotopic (exact) mass is 353 g/mol. The van der Waals surface area contributed by atoms with Gasteiger partial charge in [-0.15, -0.1) is 0 Å². The van der Waals surface area contributed by atoms with Crippen LogP contribution in [-0.2, 0) is 0 Å². The number of nitrogens with zero attached hydrogens (tertiary/aromatic N) is 1. The number of rotatable bonds is 2. The van der Waals surface area contributed by atoms with Crippen LogP contribution in [0.1, 0.15) is 11.6 Å². The van der Waals surface area contributed by atoms with E-state index in [0.717, 1.165) is 11.6 Å². The summed E-state index contributed by atoms with van der Waals surface area (Å²) >= 11 is 5.76. The molecule has 8 heteroatoms. The highest BCUT2D eigenvalue weighted by Crippen LogP contribution is 3.01. The van der Waals surface area contributed by atoms with E-state index >= 15 is 0 Å². The molecule has 0 fully saturated rings. The quantitative estimate of drug-likeness (QED) is 0.662. The molecule has 22 heavy (non-hydrogen) atoms. The maximum Gasteiger partial charge on any atom is 0.310 e. The number of hydrogen-bond donors (Lipinski definition) is 0. The van der Waals surface area contributed by atoms with Gasteiger partial charge in [-0.1, -0.05) is 43.2 Å². The van der Waals surface area contributed by atoms with Gasteiger partial charge in [-0.05, 0) is 47.2 Å². The molecule has 1 aliphatic rings. The average Bonchev–Trinajstić information content (AvgIpc) is 2.79. The Labute approximate surface area is 127 Å². The molecule has 1 heterocycles. The molecule has 0 saturated heterocycles. The van der Waals surface area contributed by atoms with Crippen molar-refractivity contribution in [1.29, 1.82) is 0 Å². The minimum atomic E-state index is -9.67. The number of fused-ring (bicyclic) bond motifs is 1. The van der Waals surface area contributed by atoms with E-state index in [9.17, 15) is 19.4 Å². The van der Waals surface area contributed by atoms with Crippen molar-refractivity contribution in [3.63, 3.8) is 0 Å². The SMILES string of the molecule is FS(F)(F)(F)(F)c1ccc2c(c1)=C[C@H](c1ccc(Cl)cc1)N=2. The summed E-state index contributed by atoms with van der Waals surface area (Å²) in [6.07, 6.45) is 1.42. The lowest BCUT2D eigenvalue weighted by Crippen LogP contribution is -2.23. The van der Waals surface area contributed by atoms with Crippen molar-refractivity contribution >= 4 is 27.9 Å². The van der Waals surface area contributed by atoms with Gasteiger partial charge in [-0.25, -0.2) is 0 Å². The largest absolute Gasteiger partial charge is 0.310 e. The van der Waals surface area contributed by atoms with Crippen molar-refractivity contribution in [3.8, 4) is 0 Å². The highest BCUT2D eigenvalue weighted by atomic mass is 35.5. The van der Waals surface area contributed by atoms with Crippen LogP contribution in [0.5, 0.6) is 0 Å². The Morgan fingerprint density at radius 2 is 1.55 bits per heavy atom. The fraction of sp³-hybridized carbons (Fsp3) is 0.0714. The standard InChI is InChI=1S/C14H9ClF5NS/c15-11-3-1-9(2-4-11)14-8-10-7-12(5-6-13(10)21-14)22(16,17,18,19)20/h1-8,14H/t14-/m1/s1. The van der Waals surface area contributed by atoms with Gasteiger partial charge >= 0.3 is 10.2 Å². The van der Waals surface area contributed by atoms with Crippen LogP contribution in [0.25, 0.3) is 6.08 Å². The second kappa shape index (κ2) is 4.02. The van der Waals surface area contributed by atoms with Gasteiger partial charge in [-0.3, -0.25) is 4.99 Å². The second-order valence-electron chi connectivity index (χ2n) is 4.98. The van der Waals surface area contributed by atoms with Crippen molar-refractivity contribution in [2.45, 2.75) is 10.9 Å². The summed E-state index contributed by atoms with van der Waals surface area (Å²) in [5.74, 6) is 0. The zero-order valence-electron chi connectivity index (χ0n) is 10.8. The van der Waals surface area contributed by atoms with E-state index in [4.69, 9.17) is 11.6 Å². The molecule has 0 radical (unpaired) electrons. The normalized spacial score (nSPS) is 20.4. The Morgan fingerprint density at radius 1 is 0.909 bits per heavy atom. The summed E-state index contributed by atoms with van der Waals surface area (Å²) in [4.78, 5) is 2.32. The van der Waals surface area contributed by atoms with E-state index < -0.39 is 21.2 Å². The number of benzene rings is 2. The fourth-order valence-corrected chi connectivity index (χ4v) is 3.01. The average molecular weight is 354 g/mol. The van der Waals surface area contributed by atoms with Gasteiger partial charge < -0.3 is 0 Å². The lowest BCUT2D eigenvalue weighted by molar-refractivity contribution is 0.364. The van der Waals surface area contributed by atoms with Gasteiger partial charge in [-0.2, -0.15) is 0 Å². The first kappa shape index (κ1) is 15.3. The van der Waals surface area contributed by atoms with Crippen LogP contribution < -0.4 is 10.6 Å². The molecular formula is C14H9ClF5NS. The molecule has 0 unspecified atom stereocenters. The van der Waals surface area contributed by atoms with Crippen LogP contribution in [0.4, 0.5) is 19.4 Å². The molecule has 0 N–H and O–H groups in total. The van der Waals surface area contributed by atoms with Crippen LogP contribution in [0.3, 0.4) is 0 Å². The van der Waals surface area contributed by atoms with Gasteiger partial charge in [0.25, 0.3) is 0 Å². The van der Waals surface area contributed by atoms with E-state index in [1.165, 1.54) is 6.08 Å². The molecule has 0 spiro atoms. The summed E-state index contributed by atoms with van der Waals surface area (Å²) in [6.45, 7) is 0. The molecule has 1 atom stereocenters. The Bertz CT molecular complexity index is 875. The maximum absolute atomic E-state index is 12.8. The first-order chi connectivity index (χ1) is 9.92. The molecule has 3 rings (SSSR count). The zero-order valence-corrected chi connectivity index (χ0v) is 12.4. The van der Waals surface area contributed by atoms with Gasteiger partial charge in [0.1, 0.15) is 4.90 Å².